The van der Waals surface area contributed by atoms with Crippen LogP contribution < -0.4 is 10.6 Å². The largest absolute Gasteiger partial charge is 0.480 e. The molecule has 0 heterocycles. The van der Waals surface area contributed by atoms with Crippen molar-refractivity contribution in [2.24, 2.45) is 0 Å². The molecule has 0 aromatic heterocycles. The van der Waals surface area contributed by atoms with E-state index in [9.17, 15) is 19.2 Å². The number of carboxylic acids is 2. The summed E-state index contributed by atoms with van der Waals surface area (Å²) in [6.45, 7) is -1.16. The SMILES string of the molecule is O=C(O)CNC(=O)c1ccccc1C(=O)NCC(=O)O. The summed E-state index contributed by atoms with van der Waals surface area (Å²) in [5.74, 6) is -3.89. The van der Waals surface area contributed by atoms with Crippen LogP contribution in [0.15, 0.2) is 24.3 Å². The van der Waals surface area contributed by atoms with Gasteiger partial charge >= 0.3 is 11.9 Å². The van der Waals surface area contributed by atoms with E-state index in [-0.39, 0.29) is 11.1 Å². The summed E-state index contributed by atoms with van der Waals surface area (Å²) in [6.07, 6.45) is 0. The number of rotatable bonds is 6. The molecule has 0 saturated heterocycles. The van der Waals surface area contributed by atoms with Gasteiger partial charge in [0.15, 0.2) is 0 Å². The first kappa shape index (κ1) is 15.2. The van der Waals surface area contributed by atoms with E-state index in [2.05, 4.69) is 10.6 Å². The maximum absolute atomic E-state index is 11.7. The zero-order valence-electron chi connectivity index (χ0n) is 10.3. The lowest BCUT2D eigenvalue weighted by Gasteiger charge is -2.08. The van der Waals surface area contributed by atoms with Crippen LogP contribution in [0.3, 0.4) is 0 Å². The van der Waals surface area contributed by atoms with Gasteiger partial charge in [-0.25, -0.2) is 0 Å². The molecule has 0 atom stereocenters. The Morgan fingerprint density at radius 2 is 1.15 bits per heavy atom. The van der Waals surface area contributed by atoms with Crippen molar-refractivity contribution in [3.05, 3.63) is 35.4 Å². The van der Waals surface area contributed by atoms with E-state index in [4.69, 9.17) is 10.2 Å². The number of nitrogens with one attached hydrogen (secondary N) is 2. The summed E-state index contributed by atoms with van der Waals surface area (Å²) >= 11 is 0. The number of carbonyl (C=O) groups excluding carboxylic acids is 2. The van der Waals surface area contributed by atoms with E-state index in [1.54, 1.807) is 0 Å². The predicted octanol–water partition coefficient (Wildman–Crippen LogP) is -0.685. The van der Waals surface area contributed by atoms with Crippen molar-refractivity contribution in [2.75, 3.05) is 13.1 Å². The number of carboxylic acid groups (broad SMARTS) is 2. The van der Waals surface area contributed by atoms with Gasteiger partial charge in [0, 0.05) is 0 Å². The molecule has 1 aromatic rings. The van der Waals surface area contributed by atoms with E-state index in [1.807, 2.05) is 0 Å². The first-order chi connectivity index (χ1) is 9.41. The van der Waals surface area contributed by atoms with Crippen LogP contribution in [0.25, 0.3) is 0 Å². The van der Waals surface area contributed by atoms with Crippen molar-refractivity contribution in [3.8, 4) is 0 Å². The highest BCUT2D eigenvalue weighted by molar-refractivity contribution is 6.08. The number of hydrogen-bond donors (Lipinski definition) is 4. The maximum atomic E-state index is 11.7. The molecule has 0 aliphatic carbocycles. The molecule has 1 rings (SSSR count). The van der Waals surface area contributed by atoms with Gasteiger partial charge in [-0.1, -0.05) is 12.1 Å². The van der Waals surface area contributed by atoms with Crippen LogP contribution in [0.2, 0.25) is 0 Å². The number of carbonyl (C=O) groups is 4. The fraction of sp³-hybridized carbons (Fsp3) is 0.167. The van der Waals surface area contributed by atoms with Gasteiger partial charge < -0.3 is 20.8 Å². The average Bonchev–Trinajstić information content (AvgIpc) is 2.42. The minimum Gasteiger partial charge on any atom is -0.480 e. The molecule has 20 heavy (non-hydrogen) atoms. The van der Waals surface area contributed by atoms with Gasteiger partial charge in [-0.2, -0.15) is 0 Å². The van der Waals surface area contributed by atoms with Crippen molar-refractivity contribution in [3.63, 3.8) is 0 Å². The zero-order chi connectivity index (χ0) is 15.1. The van der Waals surface area contributed by atoms with E-state index in [0.29, 0.717) is 0 Å². The third-order valence-electron chi connectivity index (χ3n) is 2.22. The molecule has 0 spiro atoms. The number of benzene rings is 1. The Hall–Kier alpha value is -2.90. The van der Waals surface area contributed by atoms with Gasteiger partial charge in [0.2, 0.25) is 0 Å². The summed E-state index contributed by atoms with van der Waals surface area (Å²) in [6, 6.07) is 5.69. The van der Waals surface area contributed by atoms with E-state index in [0.717, 1.165) is 0 Å². The van der Waals surface area contributed by atoms with Gasteiger partial charge in [0.25, 0.3) is 11.8 Å². The highest BCUT2D eigenvalue weighted by Gasteiger charge is 2.17. The molecule has 1 aromatic carbocycles. The first-order valence-electron chi connectivity index (χ1n) is 5.51. The van der Waals surface area contributed by atoms with Gasteiger partial charge in [0.1, 0.15) is 13.1 Å². The van der Waals surface area contributed by atoms with E-state index < -0.39 is 36.8 Å². The van der Waals surface area contributed by atoms with Gasteiger partial charge in [-0.15, -0.1) is 0 Å². The van der Waals surface area contributed by atoms with Crippen LogP contribution in [0.4, 0.5) is 0 Å². The topological polar surface area (TPSA) is 133 Å². The second-order valence-electron chi connectivity index (χ2n) is 3.70. The Labute approximate surface area is 113 Å². The summed E-state index contributed by atoms with van der Waals surface area (Å²) in [5.41, 5.74) is -0.0618. The smallest absolute Gasteiger partial charge is 0.322 e. The highest BCUT2D eigenvalue weighted by Crippen LogP contribution is 2.08. The number of hydrogen-bond acceptors (Lipinski definition) is 4. The maximum Gasteiger partial charge on any atom is 0.322 e. The Balaban J connectivity index is 2.87. The lowest BCUT2D eigenvalue weighted by molar-refractivity contribution is -0.136. The fourth-order valence-electron chi connectivity index (χ4n) is 1.38. The first-order valence-corrected chi connectivity index (χ1v) is 5.51. The minimum absolute atomic E-state index is 0.0309. The highest BCUT2D eigenvalue weighted by atomic mass is 16.4. The van der Waals surface area contributed by atoms with Gasteiger partial charge in [-0.05, 0) is 12.1 Å². The standard InChI is InChI=1S/C12H12N2O6/c15-9(16)5-13-11(19)7-3-1-2-4-8(7)12(20)14-6-10(17)18/h1-4H,5-6H2,(H,13,19)(H,14,20)(H,15,16)(H,17,18). The second kappa shape index (κ2) is 6.88. The Morgan fingerprint density at radius 1 is 0.800 bits per heavy atom. The van der Waals surface area contributed by atoms with Crippen molar-refractivity contribution < 1.29 is 29.4 Å². The lowest BCUT2D eigenvalue weighted by Crippen LogP contribution is -2.33. The quantitative estimate of drug-likeness (QED) is 0.545. The van der Waals surface area contributed by atoms with Crippen LogP contribution in [-0.2, 0) is 9.59 Å². The van der Waals surface area contributed by atoms with Crippen LogP contribution >= 0.6 is 0 Å². The van der Waals surface area contributed by atoms with E-state index >= 15 is 0 Å². The molecule has 0 bridgehead atoms. The van der Waals surface area contributed by atoms with Gasteiger partial charge in [0.05, 0.1) is 11.1 Å². The molecule has 0 fully saturated rings. The van der Waals surface area contributed by atoms with Crippen LogP contribution in [0.5, 0.6) is 0 Å². The molecular formula is C12H12N2O6. The van der Waals surface area contributed by atoms with E-state index in [1.165, 1.54) is 24.3 Å². The van der Waals surface area contributed by atoms with Gasteiger partial charge in [-0.3, -0.25) is 19.2 Å². The molecule has 106 valence electrons. The molecular weight excluding hydrogens is 268 g/mol. The minimum atomic E-state index is -1.22. The predicted molar refractivity (Wildman–Crippen MR) is 66.4 cm³/mol. The molecule has 0 aliphatic heterocycles. The number of amides is 2. The second-order valence-corrected chi connectivity index (χ2v) is 3.70. The van der Waals surface area contributed by atoms with Crippen molar-refractivity contribution in [1.82, 2.24) is 10.6 Å². The lowest BCUT2D eigenvalue weighted by atomic mass is 10.1. The molecule has 8 heteroatoms. The molecule has 4 N–H and O–H groups in total. The third-order valence-corrected chi connectivity index (χ3v) is 2.22. The molecule has 0 unspecified atom stereocenters. The zero-order valence-corrected chi connectivity index (χ0v) is 10.3. The summed E-state index contributed by atoms with van der Waals surface area (Å²) in [7, 11) is 0. The van der Waals surface area contributed by atoms with Crippen LogP contribution in [0, 0.1) is 0 Å². The Morgan fingerprint density at radius 3 is 1.45 bits per heavy atom. The Kier molecular flexibility index (Phi) is 5.21. The third kappa shape index (κ3) is 4.41. The summed E-state index contributed by atoms with van der Waals surface area (Å²) in [4.78, 5) is 44.2. The molecule has 2 amide bonds. The van der Waals surface area contributed by atoms with Crippen molar-refractivity contribution in [2.45, 2.75) is 0 Å². The monoisotopic (exact) mass is 280 g/mol. The van der Waals surface area contributed by atoms with Crippen molar-refractivity contribution >= 4 is 23.8 Å². The summed E-state index contributed by atoms with van der Waals surface area (Å²) in [5, 5.41) is 21.2. The molecule has 8 nitrogen and oxygen atoms in total. The fourth-order valence-corrected chi connectivity index (χ4v) is 1.38. The average molecular weight is 280 g/mol. The molecule has 0 saturated carbocycles. The Bertz CT molecular complexity index is 506. The molecule has 0 radical (unpaired) electrons. The number of aliphatic carboxylic acids is 2. The molecule has 0 aliphatic rings. The summed E-state index contributed by atoms with van der Waals surface area (Å²) < 4.78 is 0. The normalized spacial score (nSPS) is 9.60. The van der Waals surface area contributed by atoms with Crippen LogP contribution in [0.1, 0.15) is 20.7 Å². The van der Waals surface area contributed by atoms with Crippen molar-refractivity contribution in [1.29, 1.82) is 0 Å². The van der Waals surface area contributed by atoms with Crippen LogP contribution in [-0.4, -0.2) is 47.1 Å².